The highest BCUT2D eigenvalue weighted by atomic mass is 16.3. The summed E-state index contributed by atoms with van der Waals surface area (Å²) < 4.78 is 0. The normalized spacial score (nSPS) is 20.7. The van der Waals surface area contributed by atoms with Gasteiger partial charge in [-0.25, -0.2) is 0 Å². The topological polar surface area (TPSA) is 74.6 Å². The second-order valence-electron chi connectivity index (χ2n) is 7.92. The van der Waals surface area contributed by atoms with E-state index in [0.29, 0.717) is 24.7 Å². The van der Waals surface area contributed by atoms with Gasteiger partial charge in [-0.05, 0) is 31.1 Å². The third-order valence-electron chi connectivity index (χ3n) is 4.49. The van der Waals surface area contributed by atoms with Crippen LogP contribution in [0.4, 0.5) is 0 Å². The molecule has 0 aromatic rings. The Balaban J connectivity index is 3.24. The van der Waals surface area contributed by atoms with Crippen molar-refractivity contribution in [2.75, 3.05) is 0 Å². The molecule has 1 atom stereocenters. The van der Waals surface area contributed by atoms with Crippen molar-refractivity contribution >= 4 is 11.6 Å². The van der Waals surface area contributed by atoms with Gasteiger partial charge in [-0.2, -0.15) is 0 Å². The Morgan fingerprint density at radius 1 is 1.04 bits per heavy atom. The Hall–Kier alpha value is -1.58. The van der Waals surface area contributed by atoms with E-state index in [-0.39, 0.29) is 40.1 Å². The van der Waals surface area contributed by atoms with Crippen LogP contribution in [0.3, 0.4) is 0 Å². The average Bonchev–Trinajstić information content (AvgIpc) is 2.72. The van der Waals surface area contributed by atoms with Gasteiger partial charge in [0.25, 0.3) is 0 Å². The van der Waals surface area contributed by atoms with E-state index in [1.165, 1.54) is 0 Å². The van der Waals surface area contributed by atoms with Gasteiger partial charge in [0.15, 0.2) is 11.6 Å². The molecule has 0 aliphatic heterocycles. The zero-order chi connectivity index (χ0) is 18.6. The van der Waals surface area contributed by atoms with Gasteiger partial charge in [-0.1, -0.05) is 41.5 Å². The monoisotopic (exact) mass is 336 g/mol. The number of aliphatic hydroxyl groups excluding tert-OH is 2. The standard InChI is InChI=1S/C20H32O4/c1-11(2)7-9-14-16(15(21)10-8-12(3)4)20(24)17(19(14)23)18(22)13(5)6/h11-14,22,24H,7-10H2,1-6H3/b18-17+. The second-order valence-corrected chi connectivity index (χ2v) is 7.92. The van der Waals surface area contributed by atoms with Crippen LogP contribution < -0.4 is 0 Å². The summed E-state index contributed by atoms with van der Waals surface area (Å²) in [4.78, 5) is 25.4. The van der Waals surface area contributed by atoms with Crippen molar-refractivity contribution in [2.24, 2.45) is 23.7 Å². The van der Waals surface area contributed by atoms with E-state index in [1.807, 2.05) is 13.8 Å². The fourth-order valence-corrected chi connectivity index (χ4v) is 2.91. The predicted octanol–water partition coefficient (Wildman–Crippen LogP) is 4.91. The molecule has 1 unspecified atom stereocenters. The van der Waals surface area contributed by atoms with Crippen molar-refractivity contribution in [3.8, 4) is 0 Å². The predicted molar refractivity (Wildman–Crippen MR) is 95.8 cm³/mol. The van der Waals surface area contributed by atoms with Crippen LogP contribution in [0, 0.1) is 23.7 Å². The average molecular weight is 336 g/mol. The molecule has 0 saturated carbocycles. The largest absolute Gasteiger partial charge is 0.511 e. The van der Waals surface area contributed by atoms with Crippen LogP contribution in [0.1, 0.15) is 67.2 Å². The summed E-state index contributed by atoms with van der Waals surface area (Å²) in [5.74, 6) is -1.03. The fourth-order valence-electron chi connectivity index (χ4n) is 2.91. The summed E-state index contributed by atoms with van der Waals surface area (Å²) >= 11 is 0. The van der Waals surface area contributed by atoms with E-state index in [9.17, 15) is 19.8 Å². The molecule has 4 heteroatoms. The second kappa shape index (κ2) is 8.50. The first-order valence-corrected chi connectivity index (χ1v) is 9.01. The third kappa shape index (κ3) is 4.71. The van der Waals surface area contributed by atoms with E-state index in [2.05, 4.69) is 13.8 Å². The molecule has 0 aromatic heterocycles. The minimum Gasteiger partial charge on any atom is -0.511 e. The van der Waals surface area contributed by atoms with Gasteiger partial charge in [0.1, 0.15) is 11.5 Å². The summed E-state index contributed by atoms with van der Waals surface area (Å²) in [6, 6.07) is 0. The molecule has 0 aromatic carbocycles. The molecule has 1 rings (SSSR count). The first-order chi connectivity index (χ1) is 11.1. The highest BCUT2D eigenvalue weighted by molar-refractivity contribution is 6.15. The molecule has 2 N–H and O–H groups in total. The van der Waals surface area contributed by atoms with E-state index >= 15 is 0 Å². The molecule has 1 aliphatic rings. The van der Waals surface area contributed by atoms with E-state index in [0.717, 1.165) is 12.8 Å². The smallest absolute Gasteiger partial charge is 0.177 e. The number of Topliss-reactive ketones (excluding diaryl/α,β-unsaturated/α-hetero) is 2. The van der Waals surface area contributed by atoms with Crippen molar-refractivity contribution in [1.29, 1.82) is 0 Å². The zero-order valence-electron chi connectivity index (χ0n) is 15.8. The van der Waals surface area contributed by atoms with Gasteiger partial charge in [-0.15, -0.1) is 0 Å². The number of allylic oxidation sites excluding steroid dienone is 3. The molecular formula is C20H32O4. The number of rotatable bonds is 8. The highest BCUT2D eigenvalue weighted by Gasteiger charge is 2.42. The number of aliphatic hydroxyl groups is 2. The van der Waals surface area contributed by atoms with E-state index in [4.69, 9.17) is 0 Å². The maximum Gasteiger partial charge on any atom is 0.177 e. The van der Waals surface area contributed by atoms with Gasteiger partial charge in [0.2, 0.25) is 0 Å². The zero-order valence-corrected chi connectivity index (χ0v) is 15.8. The summed E-state index contributed by atoms with van der Waals surface area (Å²) in [6.45, 7) is 11.7. The number of carbonyl (C=O) groups is 2. The number of ketones is 2. The SMILES string of the molecule is CC(C)CCC(=O)C1=C(O)/C(=C(/O)C(C)C)C(=O)C1CCC(C)C. The minimum atomic E-state index is -0.622. The molecule has 0 spiro atoms. The highest BCUT2D eigenvalue weighted by Crippen LogP contribution is 2.39. The van der Waals surface area contributed by atoms with Crippen LogP contribution in [0.15, 0.2) is 22.7 Å². The molecule has 0 saturated heterocycles. The van der Waals surface area contributed by atoms with Gasteiger partial charge >= 0.3 is 0 Å². The lowest BCUT2D eigenvalue weighted by atomic mass is 9.87. The molecule has 0 radical (unpaired) electrons. The van der Waals surface area contributed by atoms with Crippen LogP contribution in [0.5, 0.6) is 0 Å². The van der Waals surface area contributed by atoms with Gasteiger partial charge in [0.05, 0.1) is 11.5 Å². The van der Waals surface area contributed by atoms with Crippen molar-refractivity contribution in [3.05, 3.63) is 22.7 Å². The molecule has 0 amide bonds. The molecule has 1 aliphatic carbocycles. The third-order valence-corrected chi connectivity index (χ3v) is 4.49. The number of hydrogen-bond acceptors (Lipinski definition) is 4. The van der Waals surface area contributed by atoms with Crippen molar-refractivity contribution in [2.45, 2.75) is 67.2 Å². The molecule has 0 bridgehead atoms. The Bertz CT molecular complexity index is 550. The lowest BCUT2D eigenvalue weighted by molar-refractivity contribution is -0.121. The van der Waals surface area contributed by atoms with Crippen molar-refractivity contribution < 1.29 is 19.8 Å². The van der Waals surface area contributed by atoms with Crippen molar-refractivity contribution in [1.82, 2.24) is 0 Å². The van der Waals surface area contributed by atoms with E-state index < -0.39 is 5.92 Å². The summed E-state index contributed by atoms with van der Waals surface area (Å²) in [6.07, 6.45) is 2.35. The molecular weight excluding hydrogens is 304 g/mol. The van der Waals surface area contributed by atoms with Gasteiger partial charge in [0, 0.05) is 17.9 Å². The quantitative estimate of drug-likeness (QED) is 0.488. The molecule has 136 valence electrons. The summed E-state index contributed by atoms with van der Waals surface area (Å²) in [7, 11) is 0. The van der Waals surface area contributed by atoms with Crippen LogP contribution in [-0.2, 0) is 9.59 Å². The summed E-state index contributed by atoms with van der Waals surface area (Å²) in [5, 5.41) is 20.8. The maximum atomic E-state index is 12.8. The Morgan fingerprint density at radius 2 is 1.58 bits per heavy atom. The summed E-state index contributed by atoms with van der Waals surface area (Å²) in [5.41, 5.74) is 0.162. The van der Waals surface area contributed by atoms with Gasteiger partial charge < -0.3 is 10.2 Å². The Kier molecular flexibility index (Phi) is 7.25. The van der Waals surface area contributed by atoms with Crippen molar-refractivity contribution in [3.63, 3.8) is 0 Å². The lowest BCUT2D eigenvalue weighted by Crippen LogP contribution is -2.19. The molecule has 4 nitrogen and oxygen atoms in total. The van der Waals surface area contributed by atoms with E-state index in [1.54, 1.807) is 13.8 Å². The van der Waals surface area contributed by atoms with Crippen LogP contribution in [-0.4, -0.2) is 21.8 Å². The first kappa shape index (κ1) is 20.5. The maximum absolute atomic E-state index is 12.8. The Morgan fingerprint density at radius 3 is 2.04 bits per heavy atom. The molecule has 0 fully saturated rings. The number of hydrogen-bond donors (Lipinski definition) is 2. The molecule has 0 heterocycles. The minimum absolute atomic E-state index is 0.0494. The lowest BCUT2D eigenvalue weighted by Gasteiger charge is -2.14. The fraction of sp³-hybridized carbons (Fsp3) is 0.700. The molecule has 24 heavy (non-hydrogen) atoms. The van der Waals surface area contributed by atoms with Crippen LogP contribution >= 0.6 is 0 Å². The van der Waals surface area contributed by atoms with Crippen LogP contribution in [0.2, 0.25) is 0 Å². The first-order valence-electron chi connectivity index (χ1n) is 9.01. The Labute approximate surface area is 145 Å². The number of carbonyl (C=O) groups excluding carboxylic acids is 2. The van der Waals surface area contributed by atoms with Crippen LogP contribution in [0.25, 0.3) is 0 Å². The van der Waals surface area contributed by atoms with Gasteiger partial charge in [-0.3, -0.25) is 9.59 Å².